The van der Waals surface area contributed by atoms with Crippen molar-refractivity contribution in [1.82, 2.24) is 3.94 Å². The average molecular weight is 308 g/mol. The summed E-state index contributed by atoms with van der Waals surface area (Å²) in [5.41, 5.74) is -0.614. The molecular weight excluding hydrogens is 286 g/mol. The largest absolute Gasteiger partial charge is 1.00 e. The quantitative estimate of drug-likeness (QED) is 0.359. The summed E-state index contributed by atoms with van der Waals surface area (Å²) in [7, 11) is 6.12. The van der Waals surface area contributed by atoms with E-state index >= 15 is 0 Å². The van der Waals surface area contributed by atoms with Gasteiger partial charge in [0, 0.05) is 0 Å². The number of carbonyl (C=O) groups is 1. The van der Waals surface area contributed by atoms with E-state index < -0.39 is 5.54 Å². The number of quaternary nitrogens is 1. The molecule has 0 aliphatic carbocycles. The van der Waals surface area contributed by atoms with E-state index in [1.807, 2.05) is 21.1 Å². The van der Waals surface area contributed by atoms with Gasteiger partial charge in [0.2, 0.25) is 0 Å². The summed E-state index contributed by atoms with van der Waals surface area (Å²) in [5, 5.41) is 0. The molecule has 0 aromatic carbocycles. The van der Waals surface area contributed by atoms with Gasteiger partial charge in [0.25, 0.3) is 0 Å². The van der Waals surface area contributed by atoms with E-state index in [1.54, 1.807) is 13.8 Å². The molecule has 0 aliphatic rings. The first-order chi connectivity index (χ1) is 7.04. The molecule has 0 aliphatic heterocycles. The minimum atomic E-state index is -0.614. The molecule has 0 radical (unpaired) electrons. The van der Waals surface area contributed by atoms with Gasteiger partial charge in [-0.25, -0.2) is 0 Å². The maximum Gasteiger partial charge on any atom is 0.307 e. The Morgan fingerprint density at radius 3 is 2.12 bits per heavy atom. The molecule has 0 aromatic rings. The minimum absolute atomic E-state index is 0. The van der Waals surface area contributed by atoms with Crippen molar-refractivity contribution >= 4 is 29.5 Å². The lowest BCUT2D eigenvalue weighted by molar-refractivity contribution is -0.870. The summed E-state index contributed by atoms with van der Waals surface area (Å²) in [6.45, 7) is 4.72. The minimum Gasteiger partial charge on any atom is -1.00 e. The van der Waals surface area contributed by atoms with Gasteiger partial charge in [0.1, 0.15) is 13.2 Å². The van der Waals surface area contributed by atoms with Gasteiger partial charge in [-0.3, -0.25) is 4.79 Å². The van der Waals surface area contributed by atoms with Crippen LogP contribution in [0.1, 0.15) is 20.3 Å². The van der Waals surface area contributed by atoms with Crippen molar-refractivity contribution in [3.05, 3.63) is 0 Å². The maximum atomic E-state index is 11.5. The van der Waals surface area contributed by atoms with Crippen molar-refractivity contribution in [3.8, 4) is 0 Å². The second kappa shape index (κ2) is 7.64. The maximum absolute atomic E-state index is 11.5. The van der Waals surface area contributed by atoms with Gasteiger partial charge in [-0.15, -0.1) is 3.94 Å². The van der Waals surface area contributed by atoms with Crippen LogP contribution < -0.4 is 12.4 Å². The highest BCUT2D eigenvalue weighted by Crippen LogP contribution is 2.23. The molecule has 0 fully saturated rings. The van der Waals surface area contributed by atoms with E-state index in [0.717, 1.165) is 15.0 Å². The van der Waals surface area contributed by atoms with Crippen LogP contribution in [0, 0.1) is 0 Å². The Balaban J connectivity index is 0. The number of nitrogens with zero attached hydrogens (tertiary/aromatic N) is 2. The van der Waals surface area contributed by atoms with Crippen LogP contribution in [0.15, 0.2) is 0 Å². The molecule has 0 amide bonds. The Bertz CT molecular complexity index is 240. The van der Waals surface area contributed by atoms with E-state index in [2.05, 4.69) is 0 Å². The third-order valence-electron chi connectivity index (χ3n) is 2.06. The summed E-state index contributed by atoms with van der Waals surface area (Å²) >= 11 is 11.2. The molecule has 7 heteroatoms. The van der Waals surface area contributed by atoms with E-state index in [1.165, 1.54) is 0 Å². The molecule has 0 rings (SSSR count). The van der Waals surface area contributed by atoms with Crippen molar-refractivity contribution in [2.24, 2.45) is 0 Å². The van der Waals surface area contributed by atoms with E-state index in [-0.39, 0.29) is 24.8 Å². The zero-order valence-corrected chi connectivity index (χ0v) is 13.2. The summed E-state index contributed by atoms with van der Waals surface area (Å²) in [4.78, 5) is 11.5. The molecule has 0 saturated heterocycles. The number of ether oxygens (including phenoxy) is 1. The van der Waals surface area contributed by atoms with Crippen molar-refractivity contribution in [1.29, 1.82) is 0 Å². The lowest BCUT2D eigenvalue weighted by Gasteiger charge is -2.27. The first kappa shape index (κ1) is 19.6. The summed E-state index contributed by atoms with van der Waals surface area (Å²) < 4.78 is 6.84. The highest BCUT2D eigenvalue weighted by Gasteiger charge is 2.28. The van der Waals surface area contributed by atoms with Gasteiger partial charge in [-0.05, 0) is 37.4 Å². The number of likely N-dealkylation sites (N-methyl/N-ethyl adjacent to an activating group) is 1. The molecule has 0 saturated carbocycles. The highest BCUT2D eigenvalue weighted by molar-refractivity contribution is 6.34. The van der Waals surface area contributed by atoms with Crippen LogP contribution in [0.5, 0.6) is 0 Å². The molecule has 0 N–H and O–H groups in total. The number of esters is 1. The lowest BCUT2D eigenvalue weighted by atomic mass is 10.0. The smallest absolute Gasteiger partial charge is 0.307 e. The molecule has 0 unspecified atom stereocenters. The molecule has 0 aromatic heterocycles. The first-order valence-electron chi connectivity index (χ1n) is 5.12. The van der Waals surface area contributed by atoms with E-state index in [4.69, 9.17) is 28.3 Å². The fourth-order valence-electron chi connectivity index (χ4n) is 0.897. The van der Waals surface area contributed by atoms with Crippen molar-refractivity contribution < 1.29 is 26.4 Å². The average Bonchev–Trinajstić information content (AvgIpc) is 1.99. The van der Waals surface area contributed by atoms with Gasteiger partial charge < -0.3 is 21.6 Å². The third-order valence-corrected chi connectivity index (χ3v) is 2.97. The number of halogens is 3. The SMILES string of the molecule is CC(C)(CC(=O)OCC[N+](C)(C)C)N(Cl)Cl.[Cl-]. The number of rotatable bonds is 6. The normalized spacial score (nSPS) is 12.2. The van der Waals surface area contributed by atoms with Gasteiger partial charge in [-0.2, -0.15) is 0 Å². The van der Waals surface area contributed by atoms with Crippen LogP contribution in [0.25, 0.3) is 0 Å². The molecule has 104 valence electrons. The number of hydrogen-bond donors (Lipinski definition) is 0. The predicted molar refractivity (Wildman–Crippen MR) is 66.1 cm³/mol. The molecular formula is C10H21Cl3N2O2. The standard InChI is InChI=1S/C10H21Cl2N2O2.ClH/c1-10(2,13(11)12)8-9(15)16-7-6-14(3,4)5;/h6-8H2,1-5H3;1H/q+1;/p-1. The van der Waals surface area contributed by atoms with Crippen LogP contribution in [-0.4, -0.2) is 54.2 Å². The Labute approximate surface area is 120 Å². The van der Waals surface area contributed by atoms with Crippen LogP contribution in [-0.2, 0) is 9.53 Å². The van der Waals surface area contributed by atoms with Crippen molar-refractivity contribution in [3.63, 3.8) is 0 Å². The lowest BCUT2D eigenvalue weighted by Crippen LogP contribution is -3.00. The summed E-state index contributed by atoms with van der Waals surface area (Å²) in [5.74, 6) is -0.287. The molecule has 0 atom stereocenters. The second-order valence-corrected chi connectivity index (χ2v) is 6.31. The van der Waals surface area contributed by atoms with Crippen LogP contribution in [0.3, 0.4) is 0 Å². The Kier molecular flexibility index (Phi) is 8.81. The van der Waals surface area contributed by atoms with E-state index in [9.17, 15) is 4.79 Å². The summed E-state index contributed by atoms with van der Waals surface area (Å²) in [6.07, 6.45) is 0.164. The molecule has 0 heterocycles. The summed E-state index contributed by atoms with van der Waals surface area (Å²) in [6, 6.07) is 0. The van der Waals surface area contributed by atoms with Crippen LogP contribution >= 0.6 is 23.6 Å². The van der Waals surface area contributed by atoms with Gasteiger partial charge in [-0.1, -0.05) is 0 Å². The molecule has 0 spiro atoms. The Morgan fingerprint density at radius 1 is 1.29 bits per heavy atom. The van der Waals surface area contributed by atoms with E-state index in [0.29, 0.717) is 6.61 Å². The van der Waals surface area contributed by atoms with Crippen molar-refractivity contribution in [2.75, 3.05) is 34.3 Å². The monoisotopic (exact) mass is 306 g/mol. The third kappa shape index (κ3) is 9.92. The molecule has 17 heavy (non-hydrogen) atoms. The fraction of sp³-hybridized carbons (Fsp3) is 0.900. The number of carbonyl (C=O) groups excluding carboxylic acids is 1. The first-order valence-corrected chi connectivity index (χ1v) is 5.80. The van der Waals surface area contributed by atoms with Gasteiger partial charge in [0.05, 0.1) is 33.1 Å². The fourth-order valence-corrected chi connectivity index (χ4v) is 1.02. The number of hydrogen-bond acceptors (Lipinski definition) is 3. The predicted octanol–water partition coefficient (Wildman–Crippen LogP) is -0.982. The highest BCUT2D eigenvalue weighted by atomic mass is 35.5. The zero-order chi connectivity index (χ0) is 13.0. The second-order valence-electron chi connectivity index (χ2n) is 5.46. The Morgan fingerprint density at radius 2 is 1.76 bits per heavy atom. The Hall–Kier alpha value is 0.260. The van der Waals surface area contributed by atoms with Gasteiger partial charge in [0.15, 0.2) is 0 Å². The van der Waals surface area contributed by atoms with Crippen LogP contribution in [0.2, 0.25) is 0 Å². The van der Waals surface area contributed by atoms with Crippen LogP contribution in [0.4, 0.5) is 0 Å². The van der Waals surface area contributed by atoms with Gasteiger partial charge >= 0.3 is 5.97 Å². The van der Waals surface area contributed by atoms with Crippen molar-refractivity contribution in [2.45, 2.75) is 25.8 Å². The molecule has 4 nitrogen and oxygen atoms in total. The molecule has 0 bridgehead atoms. The topological polar surface area (TPSA) is 29.5 Å². The zero-order valence-electron chi connectivity index (χ0n) is 11.0.